The van der Waals surface area contributed by atoms with E-state index in [1.165, 1.54) is 5.56 Å². The van der Waals surface area contributed by atoms with Gasteiger partial charge in [0.25, 0.3) is 0 Å². The van der Waals surface area contributed by atoms with E-state index in [2.05, 4.69) is 25.2 Å². The minimum atomic E-state index is 0.447. The van der Waals surface area contributed by atoms with E-state index in [0.29, 0.717) is 6.04 Å². The first-order chi connectivity index (χ1) is 10.1. The van der Waals surface area contributed by atoms with Gasteiger partial charge < -0.3 is 10.1 Å². The highest BCUT2D eigenvalue weighted by Gasteiger charge is 2.09. The lowest BCUT2D eigenvalue weighted by Gasteiger charge is -2.14. The Labute approximate surface area is 135 Å². The molecule has 0 unspecified atom stereocenters. The van der Waals surface area contributed by atoms with Crippen molar-refractivity contribution in [1.82, 2.24) is 5.32 Å². The van der Waals surface area contributed by atoms with Gasteiger partial charge in [0, 0.05) is 22.4 Å². The van der Waals surface area contributed by atoms with Gasteiger partial charge in [0.1, 0.15) is 5.75 Å². The number of ether oxygens (including phenoxy) is 1. The Morgan fingerprint density at radius 3 is 2.48 bits per heavy atom. The van der Waals surface area contributed by atoms with Gasteiger partial charge in [-0.3, -0.25) is 0 Å². The molecule has 0 aromatic heterocycles. The van der Waals surface area contributed by atoms with Crippen molar-refractivity contribution in [2.75, 3.05) is 7.11 Å². The molecule has 2 rings (SSSR count). The van der Waals surface area contributed by atoms with Gasteiger partial charge in [-0.25, -0.2) is 0 Å². The SMILES string of the molecule is COc1ccc(Sc2c(Cl)cccc2CNC(C)C)cc1. The molecule has 21 heavy (non-hydrogen) atoms. The van der Waals surface area contributed by atoms with Gasteiger partial charge in [-0.15, -0.1) is 0 Å². The maximum Gasteiger partial charge on any atom is 0.118 e. The molecule has 0 aliphatic rings. The molecule has 0 heterocycles. The van der Waals surface area contributed by atoms with E-state index in [-0.39, 0.29) is 0 Å². The van der Waals surface area contributed by atoms with Gasteiger partial charge in [-0.2, -0.15) is 0 Å². The molecule has 1 N–H and O–H groups in total. The van der Waals surface area contributed by atoms with Gasteiger partial charge in [0.05, 0.1) is 12.1 Å². The largest absolute Gasteiger partial charge is 0.497 e. The van der Waals surface area contributed by atoms with Crippen LogP contribution in [0.1, 0.15) is 19.4 Å². The van der Waals surface area contributed by atoms with Crippen LogP contribution >= 0.6 is 23.4 Å². The summed E-state index contributed by atoms with van der Waals surface area (Å²) in [7, 11) is 1.67. The molecule has 2 aromatic rings. The Hall–Kier alpha value is -1.16. The average molecular weight is 322 g/mol. The third-order valence-corrected chi connectivity index (χ3v) is 4.65. The van der Waals surface area contributed by atoms with E-state index in [4.69, 9.17) is 16.3 Å². The second-order valence-corrected chi connectivity index (χ2v) is 6.53. The summed E-state index contributed by atoms with van der Waals surface area (Å²) >= 11 is 8.06. The Balaban J connectivity index is 2.20. The quantitative estimate of drug-likeness (QED) is 0.809. The van der Waals surface area contributed by atoms with Crippen LogP contribution in [0.15, 0.2) is 52.3 Å². The molecule has 0 saturated carbocycles. The topological polar surface area (TPSA) is 21.3 Å². The Kier molecular flexibility index (Phi) is 5.97. The maximum atomic E-state index is 6.38. The van der Waals surface area contributed by atoms with Crippen molar-refractivity contribution in [2.24, 2.45) is 0 Å². The first-order valence-electron chi connectivity index (χ1n) is 6.93. The van der Waals surface area contributed by atoms with E-state index in [9.17, 15) is 0 Å². The zero-order valence-electron chi connectivity index (χ0n) is 12.5. The molecular weight excluding hydrogens is 302 g/mol. The van der Waals surface area contributed by atoms with Crippen molar-refractivity contribution in [3.05, 3.63) is 53.1 Å². The van der Waals surface area contributed by atoms with Gasteiger partial charge in [0.15, 0.2) is 0 Å². The summed E-state index contributed by atoms with van der Waals surface area (Å²) < 4.78 is 5.19. The average Bonchev–Trinajstić information content (AvgIpc) is 2.48. The number of halogens is 1. The van der Waals surface area contributed by atoms with Crippen LogP contribution in [-0.4, -0.2) is 13.2 Å². The molecule has 2 aromatic carbocycles. The highest BCUT2D eigenvalue weighted by Crippen LogP contribution is 2.36. The second kappa shape index (κ2) is 7.74. The van der Waals surface area contributed by atoms with Crippen LogP contribution in [0.3, 0.4) is 0 Å². The fourth-order valence-corrected chi connectivity index (χ4v) is 3.14. The van der Waals surface area contributed by atoms with Gasteiger partial charge in [-0.05, 0) is 35.9 Å². The summed E-state index contributed by atoms with van der Waals surface area (Å²) in [5.74, 6) is 0.861. The van der Waals surface area contributed by atoms with Crippen LogP contribution in [0, 0.1) is 0 Å². The summed E-state index contributed by atoms with van der Waals surface area (Å²) in [6.45, 7) is 5.10. The van der Waals surface area contributed by atoms with Gasteiger partial charge >= 0.3 is 0 Å². The van der Waals surface area contributed by atoms with Crippen molar-refractivity contribution < 1.29 is 4.74 Å². The van der Waals surface area contributed by atoms with Crippen molar-refractivity contribution in [2.45, 2.75) is 36.2 Å². The standard InChI is InChI=1S/C17H20ClNOS/c1-12(2)19-11-13-5-4-6-16(18)17(13)21-15-9-7-14(20-3)8-10-15/h4-10,12,19H,11H2,1-3H3. The summed E-state index contributed by atoms with van der Waals surface area (Å²) in [6, 6.07) is 14.5. The van der Waals surface area contributed by atoms with E-state index in [1.807, 2.05) is 36.4 Å². The van der Waals surface area contributed by atoms with E-state index >= 15 is 0 Å². The third kappa shape index (κ3) is 4.67. The molecule has 0 bridgehead atoms. The lowest BCUT2D eigenvalue weighted by Crippen LogP contribution is -2.22. The summed E-state index contributed by atoms with van der Waals surface area (Å²) in [6.07, 6.45) is 0. The minimum Gasteiger partial charge on any atom is -0.497 e. The fraction of sp³-hybridized carbons (Fsp3) is 0.294. The molecule has 0 atom stereocenters. The lowest BCUT2D eigenvalue weighted by molar-refractivity contribution is 0.414. The maximum absolute atomic E-state index is 6.38. The van der Waals surface area contributed by atoms with Crippen LogP contribution < -0.4 is 10.1 Å². The molecule has 0 fully saturated rings. The fourth-order valence-electron chi connectivity index (χ4n) is 1.88. The monoisotopic (exact) mass is 321 g/mol. The van der Waals surface area contributed by atoms with Gasteiger partial charge in [0.2, 0.25) is 0 Å². The first-order valence-corrected chi connectivity index (χ1v) is 8.12. The van der Waals surface area contributed by atoms with Gasteiger partial charge in [-0.1, -0.05) is 49.3 Å². The number of methoxy groups -OCH3 is 1. The molecule has 0 spiro atoms. The van der Waals surface area contributed by atoms with E-state index in [1.54, 1.807) is 18.9 Å². The number of rotatable bonds is 6. The molecule has 0 radical (unpaired) electrons. The molecular formula is C17H20ClNOS. The predicted molar refractivity (Wildman–Crippen MR) is 90.5 cm³/mol. The molecule has 2 nitrogen and oxygen atoms in total. The van der Waals surface area contributed by atoms with Crippen LogP contribution in [-0.2, 0) is 6.54 Å². The van der Waals surface area contributed by atoms with E-state index < -0.39 is 0 Å². The molecule has 0 aliphatic carbocycles. The van der Waals surface area contributed by atoms with Crippen molar-refractivity contribution in [3.8, 4) is 5.75 Å². The Morgan fingerprint density at radius 1 is 1.14 bits per heavy atom. The molecule has 4 heteroatoms. The minimum absolute atomic E-state index is 0.447. The third-order valence-electron chi connectivity index (χ3n) is 3.03. The number of hydrogen-bond acceptors (Lipinski definition) is 3. The second-order valence-electron chi connectivity index (χ2n) is 5.04. The molecule has 0 aliphatic heterocycles. The normalized spacial score (nSPS) is 10.9. The van der Waals surface area contributed by atoms with Crippen molar-refractivity contribution in [3.63, 3.8) is 0 Å². The molecule has 112 valence electrons. The Morgan fingerprint density at radius 2 is 1.86 bits per heavy atom. The van der Waals surface area contributed by atoms with Crippen LogP contribution in [0.5, 0.6) is 5.75 Å². The highest BCUT2D eigenvalue weighted by atomic mass is 35.5. The van der Waals surface area contributed by atoms with Crippen LogP contribution in [0.2, 0.25) is 5.02 Å². The number of hydrogen-bond donors (Lipinski definition) is 1. The summed E-state index contributed by atoms with van der Waals surface area (Å²) in [4.78, 5) is 2.26. The van der Waals surface area contributed by atoms with Crippen molar-refractivity contribution >= 4 is 23.4 Å². The Bertz CT molecular complexity index is 584. The zero-order valence-corrected chi connectivity index (χ0v) is 14.1. The van der Waals surface area contributed by atoms with E-state index in [0.717, 1.165) is 27.1 Å². The van der Waals surface area contributed by atoms with Crippen molar-refractivity contribution in [1.29, 1.82) is 0 Å². The zero-order chi connectivity index (χ0) is 15.2. The first kappa shape index (κ1) is 16.2. The highest BCUT2D eigenvalue weighted by molar-refractivity contribution is 7.99. The lowest BCUT2D eigenvalue weighted by atomic mass is 10.2. The number of benzene rings is 2. The molecule has 0 saturated heterocycles. The predicted octanol–water partition coefficient (Wildman–Crippen LogP) is 5.00. The number of nitrogens with one attached hydrogen (secondary N) is 1. The summed E-state index contributed by atoms with van der Waals surface area (Å²) in [5, 5.41) is 4.23. The van der Waals surface area contributed by atoms with Crippen LogP contribution in [0.25, 0.3) is 0 Å². The summed E-state index contributed by atoms with van der Waals surface area (Å²) in [5.41, 5.74) is 1.22. The molecule has 0 amide bonds. The van der Waals surface area contributed by atoms with Crippen LogP contribution in [0.4, 0.5) is 0 Å². The smallest absolute Gasteiger partial charge is 0.118 e.